The Balaban J connectivity index is 3.03. The highest BCUT2D eigenvalue weighted by molar-refractivity contribution is 6.30. The van der Waals surface area contributed by atoms with Crippen LogP contribution in [0.2, 0.25) is 5.02 Å². The van der Waals surface area contributed by atoms with E-state index in [-0.39, 0.29) is 0 Å². The Bertz CT molecular complexity index is 288. The third-order valence-corrected chi connectivity index (χ3v) is 1.74. The second kappa shape index (κ2) is 4.09. The lowest BCUT2D eigenvalue weighted by atomic mass is 10.2. The highest BCUT2D eigenvalue weighted by atomic mass is 35.5. The molecular weight excluding hydrogens is 176 g/mol. The molecule has 4 heteroatoms. The second-order valence-electron chi connectivity index (χ2n) is 2.27. The summed E-state index contributed by atoms with van der Waals surface area (Å²) in [6, 6.07) is 5.19. The first-order chi connectivity index (χ1) is 5.77. The normalized spacial score (nSPS) is 9.50. The minimum atomic E-state index is 0.382. The fourth-order valence-electron chi connectivity index (χ4n) is 0.925. The van der Waals surface area contributed by atoms with Crippen molar-refractivity contribution in [3.8, 4) is 0 Å². The predicted octanol–water partition coefficient (Wildman–Crippen LogP) is 1.37. The number of halogens is 1. The van der Waals surface area contributed by atoms with Crippen LogP contribution < -0.4 is 11.1 Å². The van der Waals surface area contributed by atoms with E-state index in [0.29, 0.717) is 23.7 Å². The number of benzene rings is 1. The third-order valence-electron chi connectivity index (χ3n) is 1.51. The number of hydrogen-bond donors (Lipinski definition) is 2. The van der Waals surface area contributed by atoms with Gasteiger partial charge in [-0.3, -0.25) is 4.79 Å². The van der Waals surface area contributed by atoms with E-state index in [1.807, 2.05) is 0 Å². The quantitative estimate of drug-likeness (QED) is 0.698. The molecule has 0 aliphatic carbocycles. The zero-order valence-electron chi connectivity index (χ0n) is 6.38. The molecule has 0 saturated carbocycles. The molecule has 0 atom stereocenters. The van der Waals surface area contributed by atoms with Crippen LogP contribution in [0, 0.1) is 0 Å². The van der Waals surface area contributed by atoms with Crippen molar-refractivity contribution in [2.45, 2.75) is 6.54 Å². The zero-order valence-corrected chi connectivity index (χ0v) is 7.14. The van der Waals surface area contributed by atoms with Gasteiger partial charge in [-0.05, 0) is 17.7 Å². The molecule has 0 radical (unpaired) electrons. The van der Waals surface area contributed by atoms with E-state index in [2.05, 4.69) is 5.32 Å². The molecule has 1 rings (SSSR count). The number of anilines is 1. The SMILES string of the molecule is NCc1ccc(Cl)cc1NC=O. The Labute approximate surface area is 75.5 Å². The first kappa shape index (κ1) is 9.03. The third kappa shape index (κ3) is 1.96. The van der Waals surface area contributed by atoms with Gasteiger partial charge in [0.05, 0.1) is 0 Å². The lowest BCUT2D eigenvalue weighted by Crippen LogP contribution is -2.03. The predicted molar refractivity (Wildman–Crippen MR) is 49.0 cm³/mol. The Kier molecular flexibility index (Phi) is 3.08. The van der Waals surface area contributed by atoms with Gasteiger partial charge in [0.15, 0.2) is 0 Å². The largest absolute Gasteiger partial charge is 0.328 e. The van der Waals surface area contributed by atoms with Crippen LogP contribution in [0.5, 0.6) is 0 Å². The molecular formula is C8H9ClN2O. The van der Waals surface area contributed by atoms with E-state index < -0.39 is 0 Å². The summed E-state index contributed by atoms with van der Waals surface area (Å²) in [4.78, 5) is 10.2. The lowest BCUT2D eigenvalue weighted by molar-refractivity contribution is -0.105. The molecule has 3 N–H and O–H groups in total. The van der Waals surface area contributed by atoms with E-state index >= 15 is 0 Å². The number of carbonyl (C=O) groups excluding carboxylic acids is 1. The molecule has 12 heavy (non-hydrogen) atoms. The molecule has 0 aromatic heterocycles. The number of nitrogens with two attached hydrogens (primary N) is 1. The van der Waals surface area contributed by atoms with Crippen LogP contribution in [-0.4, -0.2) is 6.41 Å². The second-order valence-corrected chi connectivity index (χ2v) is 2.70. The molecule has 0 bridgehead atoms. The van der Waals surface area contributed by atoms with Crippen molar-refractivity contribution in [3.63, 3.8) is 0 Å². The topological polar surface area (TPSA) is 55.1 Å². The number of carbonyl (C=O) groups is 1. The number of hydrogen-bond acceptors (Lipinski definition) is 2. The van der Waals surface area contributed by atoms with Crippen LogP contribution in [0.4, 0.5) is 5.69 Å². The van der Waals surface area contributed by atoms with Crippen molar-refractivity contribution in [2.75, 3.05) is 5.32 Å². The van der Waals surface area contributed by atoms with Crippen LogP contribution >= 0.6 is 11.6 Å². The molecule has 1 amide bonds. The van der Waals surface area contributed by atoms with Crippen molar-refractivity contribution in [1.29, 1.82) is 0 Å². The van der Waals surface area contributed by atoms with Gasteiger partial charge in [0.1, 0.15) is 0 Å². The fraction of sp³-hybridized carbons (Fsp3) is 0.125. The summed E-state index contributed by atoms with van der Waals surface area (Å²) in [6.45, 7) is 0.382. The maximum atomic E-state index is 10.2. The molecule has 64 valence electrons. The number of amides is 1. The minimum Gasteiger partial charge on any atom is -0.328 e. The minimum absolute atomic E-state index is 0.382. The summed E-state index contributed by atoms with van der Waals surface area (Å²) >= 11 is 5.71. The molecule has 0 aliphatic heterocycles. The van der Waals surface area contributed by atoms with Crippen molar-refractivity contribution in [3.05, 3.63) is 28.8 Å². The molecule has 0 aliphatic rings. The maximum absolute atomic E-state index is 10.2. The van der Waals surface area contributed by atoms with Gasteiger partial charge in [-0.25, -0.2) is 0 Å². The van der Waals surface area contributed by atoms with E-state index in [0.717, 1.165) is 5.56 Å². The van der Waals surface area contributed by atoms with Gasteiger partial charge >= 0.3 is 0 Å². The van der Waals surface area contributed by atoms with E-state index in [9.17, 15) is 4.79 Å². The van der Waals surface area contributed by atoms with Gasteiger partial charge in [-0.2, -0.15) is 0 Å². The zero-order chi connectivity index (χ0) is 8.97. The molecule has 0 spiro atoms. The van der Waals surface area contributed by atoms with Gasteiger partial charge in [-0.1, -0.05) is 17.7 Å². The molecule has 0 saturated heterocycles. The Morgan fingerprint density at radius 2 is 2.33 bits per heavy atom. The number of nitrogens with one attached hydrogen (secondary N) is 1. The van der Waals surface area contributed by atoms with Gasteiger partial charge in [0, 0.05) is 17.3 Å². The summed E-state index contributed by atoms with van der Waals surface area (Å²) in [5.74, 6) is 0. The van der Waals surface area contributed by atoms with E-state index in [4.69, 9.17) is 17.3 Å². The molecule has 0 unspecified atom stereocenters. The summed E-state index contributed by atoms with van der Waals surface area (Å²) in [7, 11) is 0. The fourth-order valence-corrected chi connectivity index (χ4v) is 1.10. The van der Waals surface area contributed by atoms with Crippen molar-refractivity contribution in [2.24, 2.45) is 5.73 Å². The smallest absolute Gasteiger partial charge is 0.211 e. The number of rotatable bonds is 3. The summed E-state index contributed by atoms with van der Waals surface area (Å²) in [5, 5.41) is 3.10. The molecule has 0 heterocycles. The first-order valence-electron chi connectivity index (χ1n) is 3.46. The van der Waals surface area contributed by atoms with E-state index in [1.165, 1.54) is 0 Å². The average Bonchev–Trinajstić information content (AvgIpc) is 2.05. The van der Waals surface area contributed by atoms with Crippen molar-refractivity contribution >= 4 is 23.7 Å². The maximum Gasteiger partial charge on any atom is 0.211 e. The Hall–Kier alpha value is -1.06. The molecule has 1 aromatic rings. The summed E-state index contributed by atoms with van der Waals surface area (Å²) in [5.41, 5.74) is 6.97. The van der Waals surface area contributed by atoms with Gasteiger partial charge in [-0.15, -0.1) is 0 Å². The molecule has 3 nitrogen and oxygen atoms in total. The summed E-state index contributed by atoms with van der Waals surface area (Å²) < 4.78 is 0. The van der Waals surface area contributed by atoms with Crippen LogP contribution in [0.3, 0.4) is 0 Å². The summed E-state index contributed by atoms with van der Waals surface area (Å²) in [6.07, 6.45) is 0.602. The van der Waals surface area contributed by atoms with Crippen molar-refractivity contribution in [1.82, 2.24) is 0 Å². The van der Waals surface area contributed by atoms with Crippen LogP contribution in [0.1, 0.15) is 5.56 Å². The lowest BCUT2D eigenvalue weighted by Gasteiger charge is -2.05. The standard InChI is InChI=1S/C8H9ClN2O/c9-7-2-1-6(4-10)8(3-7)11-5-12/h1-3,5H,4,10H2,(H,11,12). The van der Waals surface area contributed by atoms with Gasteiger partial charge in [0.25, 0.3) is 0 Å². The molecule has 1 aromatic carbocycles. The van der Waals surface area contributed by atoms with E-state index in [1.54, 1.807) is 18.2 Å². The van der Waals surface area contributed by atoms with Gasteiger partial charge < -0.3 is 11.1 Å². The monoisotopic (exact) mass is 184 g/mol. The average molecular weight is 185 g/mol. The first-order valence-corrected chi connectivity index (χ1v) is 3.84. The highest BCUT2D eigenvalue weighted by Crippen LogP contribution is 2.19. The highest BCUT2D eigenvalue weighted by Gasteiger charge is 1.99. The van der Waals surface area contributed by atoms with Crippen LogP contribution in [0.25, 0.3) is 0 Å². The molecule has 0 fully saturated rings. The Morgan fingerprint density at radius 1 is 1.58 bits per heavy atom. The Morgan fingerprint density at radius 3 is 2.92 bits per heavy atom. The van der Waals surface area contributed by atoms with Crippen LogP contribution in [-0.2, 0) is 11.3 Å². The van der Waals surface area contributed by atoms with Crippen molar-refractivity contribution < 1.29 is 4.79 Å². The van der Waals surface area contributed by atoms with Crippen LogP contribution in [0.15, 0.2) is 18.2 Å². The van der Waals surface area contributed by atoms with Gasteiger partial charge in [0.2, 0.25) is 6.41 Å².